The molecule has 2 aromatic carbocycles. The number of carbonyl (C=O) groups is 4. The van der Waals surface area contributed by atoms with E-state index in [2.05, 4.69) is 37.9 Å². The Labute approximate surface area is 249 Å². The molecule has 2 amide bonds. The molecule has 42 heavy (non-hydrogen) atoms. The quantitative estimate of drug-likeness (QED) is 0.265. The summed E-state index contributed by atoms with van der Waals surface area (Å²) in [5, 5.41) is 17.8. The predicted octanol–water partition coefficient (Wildman–Crippen LogP) is 4.17. The number of ether oxygens (including phenoxy) is 1. The van der Waals surface area contributed by atoms with Gasteiger partial charge in [0.25, 0.3) is 5.91 Å². The minimum absolute atomic E-state index is 0.0320. The molecule has 0 aliphatic rings. The summed E-state index contributed by atoms with van der Waals surface area (Å²) in [6.45, 7) is 17.4. The van der Waals surface area contributed by atoms with Crippen LogP contribution in [0.5, 0.6) is 5.75 Å². The van der Waals surface area contributed by atoms with Gasteiger partial charge in [0.2, 0.25) is 5.91 Å². The molecule has 0 saturated heterocycles. The van der Waals surface area contributed by atoms with E-state index < -0.39 is 18.0 Å². The molecule has 10 heteroatoms. The molecule has 232 valence electrons. The molecule has 0 saturated carbocycles. The topological polar surface area (TPSA) is 136 Å². The summed E-state index contributed by atoms with van der Waals surface area (Å²) < 4.78 is 5.91. The van der Waals surface area contributed by atoms with Gasteiger partial charge in [-0.1, -0.05) is 45.9 Å². The van der Waals surface area contributed by atoms with Crippen molar-refractivity contribution >= 4 is 23.8 Å². The van der Waals surface area contributed by atoms with Crippen LogP contribution in [0, 0.1) is 13.8 Å². The summed E-state index contributed by atoms with van der Waals surface area (Å²) in [5.41, 5.74) is 3.75. The van der Waals surface area contributed by atoms with Crippen LogP contribution in [-0.2, 0) is 20.8 Å². The van der Waals surface area contributed by atoms with Gasteiger partial charge in [-0.05, 0) is 80.7 Å². The van der Waals surface area contributed by atoms with E-state index in [1.807, 2.05) is 61.2 Å². The number of benzene rings is 2. The second kappa shape index (κ2) is 19.2. The van der Waals surface area contributed by atoms with Gasteiger partial charge < -0.3 is 30.1 Å². The molecular formula is C32H47N3O7. The molecule has 0 bridgehead atoms. The smallest absolute Gasteiger partial charge is 0.414 e. The Balaban J connectivity index is 0.00000132. The Morgan fingerprint density at radius 1 is 0.810 bits per heavy atom. The monoisotopic (exact) mass is 585 g/mol. The zero-order valence-electron chi connectivity index (χ0n) is 25.8. The highest BCUT2D eigenvalue weighted by molar-refractivity contribution is 6.27. The molecule has 1 atom stereocenters. The van der Waals surface area contributed by atoms with Crippen molar-refractivity contribution in [3.63, 3.8) is 0 Å². The Bertz CT molecular complexity index is 1130. The molecule has 0 radical (unpaired) electrons. The van der Waals surface area contributed by atoms with Crippen molar-refractivity contribution in [3.05, 3.63) is 64.7 Å². The van der Waals surface area contributed by atoms with E-state index in [4.69, 9.17) is 24.5 Å². The fourth-order valence-electron chi connectivity index (χ4n) is 4.21. The van der Waals surface area contributed by atoms with Crippen LogP contribution in [0.25, 0.3) is 0 Å². The zero-order valence-corrected chi connectivity index (χ0v) is 25.8. The lowest BCUT2D eigenvalue weighted by atomic mass is 10.0. The number of rotatable bonds is 15. The third kappa shape index (κ3) is 12.7. The van der Waals surface area contributed by atoms with Crippen molar-refractivity contribution in [1.29, 1.82) is 0 Å². The summed E-state index contributed by atoms with van der Waals surface area (Å²) in [4.78, 5) is 49.0. The molecule has 0 aromatic heterocycles. The van der Waals surface area contributed by atoms with Gasteiger partial charge in [-0.2, -0.15) is 0 Å². The van der Waals surface area contributed by atoms with E-state index in [-0.39, 0.29) is 11.8 Å². The van der Waals surface area contributed by atoms with E-state index in [9.17, 15) is 9.59 Å². The van der Waals surface area contributed by atoms with Crippen LogP contribution in [0.15, 0.2) is 42.5 Å². The van der Waals surface area contributed by atoms with Crippen LogP contribution in [0.4, 0.5) is 0 Å². The molecule has 0 aliphatic heterocycles. The number of aryl methyl sites for hydroxylation is 2. The van der Waals surface area contributed by atoms with Crippen molar-refractivity contribution in [1.82, 2.24) is 15.1 Å². The van der Waals surface area contributed by atoms with Crippen molar-refractivity contribution in [3.8, 4) is 5.75 Å². The number of nitrogens with zero attached hydrogens (tertiary/aromatic N) is 2. The van der Waals surface area contributed by atoms with E-state index >= 15 is 0 Å². The molecule has 1 unspecified atom stereocenters. The van der Waals surface area contributed by atoms with Gasteiger partial charge in [0, 0.05) is 31.6 Å². The fourth-order valence-corrected chi connectivity index (χ4v) is 4.21. The van der Waals surface area contributed by atoms with E-state index in [0.29, 0.717) is 31.7 Å². The van der Waals surface area contributed by atoms with E-state index in [1.54, 1.807) is 0 Å². The molecule has 3 N–H and O–H groups in total. The molecule has 2 aromatic rings. The van der Waals surface area contributed by atoms with Crippen LogP contribution < -0.4 is 10.1 Å². The highest BCUT2D eigenvalue weighted by Crippen LogP contribution is 2.16. The number of nitrogens with one attached hydrogen (secondary N) is 1. The van der Waals surface area contributed by atoms with Gasteiger partial charge in [-0.15, -0.1) is 0 Å². The summed E-state index contributed by atoms with van der Waals surface area (Å²) >= 11 is 0. The largest absolute Gasteiger partial charge is 0.492 e. The fraction of sp³-hybridized carbons (Fsp3) is 0.500. The lowest BCUT2D eigenvalue weighted by molar-refractivity contribution is -0.159. The number of carbonyl (C=O) groups excluding carboxylic acids is 2. The molecule has 10 nitrogen and oxygen atoms in total. The molecule has 0 fully saturated rings. The second-order valence-electron chi connectivity index (χ2n) is 9.98. The van der Waals surface area contributed by atoms with Crippen molar-refractivity contribution in [2.45, 2.75) is 66.8 Å². The molecule has 0 spiro atoms. The van der Waals surface area contributed by atoms with E-state index in [0.717, 1.165) is 54.9 Å². The standard InChI is InChI=1S/C30H45N3O3.C2H2O4/c1-7-17-33(18-8-2)30(35)28(31-29(34)26-14-11-23(5)24(6)21-26)22-25-12-15-27(16-13-25)36-20-19-32(9-3)10-4;3-1(4)2(5)6/h11-16,21,28H,7-10,17-20,22H2,1-6H3,(H,31,34);(H,3,4)(H,5,6). The molecule has 0 heterocycles. The molecule has 0 aliphatic carbocycles. The van der Waals surface area contributed by atoms with Crippen LogP contribution in [0.2, 0.25) is 0 Å². The summed E-state index contributed by atoms with van der Waals surface area (Å²) in [6, 6.07) is 12.9. The van der Waals surface area contributed by atoms with Gasteiger partial charge in [0.15, 0.2) is 0 Å². The average Bonchev–Trinajstić information content (AvgIpc) is 2.97. The number of carboxylic acids is 2. The summed E-state index contributed by atoms with van der Waals surface area (Å²) in [5.74, 6) is -3.09. The predicted molar refractivity (Wildman–Crippen MR) is 163 cm³/mol. The zero-order chi connectivity index (χ0) is 31.7. The lowest BCUT2D eigenvalue weighted by Crippen LogP contribution is -2.50. The van der Waals surface area contributed by atoms with Crippen LogP contribution in [0.3, 0.4) is 0 Å². The Morgan fingerprint density at radius 2 is 1.38 bits per heavy atom. The Hall–Kier alpha value is -3.92. The first-order valence-corrected chi connectivity index (χ1v) is 14.5. The van der Waals surface area contributed by atoms with Crippen molar-refractivity contribution in [2.24, 2.45) is 0 Å². The minimum atomic E-state index is -1.82. The maximum Gasteiger partial charge on any atom is 0.414 e. The Morgan fingerprint density at radius 3 is 1.86 bits per heavy atom. The maximum atomic E-state index is 13.5. The van der Waals surface area contributed by atoms with Gasteiger partial charge >= 0.3 is 11.9 Å². The highest BCUT2D eigenvalue weighted by atomic mass is 16.5. The van der Waals surface area contributed by atoms with Crippen LogP contribution in [-0.4, -0.2) is 89.1 Å². The van der Waals surface area contributed by atoms with E-state index in [1.165, 1.54) is 0 Å². The SMILES string of the molecule is CCCN(CCC)C(=O)C(Cc1ccc(OCCN(CC)CC)cc1)NC(=O)c1ccc(C)c(C)c1.O=C(O)C(=O)O. The number of hydrogen-bond acceptors (Lipinski definition) is 6. The molecule has 2 rings (SSSR count). The van der Waals surface area contributed by atoms with Gasteiger partial charge in [0.1, 0.15) is 18.4 Å². The molecular weight excluding hydrogens is 538 g/mol. The number of likely N-dealkylation sites (N-methyl/N-ethyl adjacent to an activating group) is 1. The van der Waals surface area contributed by atoms with Crippen LogP contribution in [0.1, 0.15) is 67.6 Å². The van der Waals surface area contributed by atoms with Crippen molar-refractivity contribution in [2.75, 3.05) is 39.3 Å². The average molecular weight is 586 g/mol. The second-order valence-corrected chi connectivity index (χ2v) is 9.98. The number of carboxylic acid groups (broad SMARTS) is 2. The number of aliphatic carboxylic acids is 2. The summed E-state index contributed by atoms with van der Waals surface area (Å²) in [6.07, 6.45) is 2.19. The number of hydrogen-bond donors (Lipinski definition) is 3. The summed E-state index contributed by atoms with van der Waals surface area (Å²) in [7, 11) is 0. The van der Waals surface area contributed by atoms with Gasteiger partial charge in [0.05, 0.1) is 0 Å². The maximum absolute atomic E-state index is 13.5. The van der Waals surface area contributed by atoms with Crippen molar-refractivity contribution < 1.29 is 34.1 Å². The first kappa shape index (κ1) is 36.1. The Kier molecular flexibility index (Phi) is 16.5. The number of amides is 2. The first-order chi connectivity index (χ1) is 20.0. The third-order valence-corrected chi connectivity index (χ3v) is 6.79. The first-order valence-electron chi connectivity index (χ1n) is 14.5. The minimum Gasteiger partial charge on any atom is -0.492 e. The van der Waals surface area contributed by atoms with Gasteiger partial charge in [-0.25, -0.2) is 9.59 Å². The lowest BCUT2D eigenvalue weighted by Gasteiger charge is -2.28. The van der Waals surface area contributed by atoms with Crippen LogP contribution >= 0.6 is 0 Å². The third-order valence-electron chi connectivity index (χ3n) is 6.79. The van der Waals surface area contributed by atoms with Gasteiger partial charge in [-0.3, -0.25) is 9.59 Å². The normalized spacial score (nSPS) is 11.2. The highest BCUT2D eigenvalue weighted by Gasteiger charge is 2.26.